The fourth-order valence-electron chi connectivity index (χ4n) is 1.52. The molecule has 0 saturated carbocycles. The van der Waals surface area contributed by atoms with Gasteiger partial charge in [0, 0.05) is 0 Å². The Morgan fingerprint density at radius 2 is 1.63 bits per heavy atom. The summed E-state index contributed by atoms with van der Waals surface area (Å²) in [6, 6.07) is 8.17. The highest BCUT2D eigenvalue weighted by atomic mass is 16.5. The van der Waals surface area contributed by atoms with Crippen molar-refractivity contribution in [1.29, 1.82) is 0 Å². The number of terminal acetylenes is 1. The van der Waals surface area contributed by atoms with E-state index in [-0.39, 0.29) is 0 Å². The van der Waals surface area contributed by atoms with Crippen molar-refractivity contribution >= 4 is 0 Å². The minimum atomic E-state index is 0.335. The first-order valence-corrected chi connectivity index (χ1v) is 6.55. The van der Waals surface area contributed by atoms with E-state index in [2.05, 4.69) is 31.9 Å². The van der Waals surface area contributed by atoms with Crippen molar-refractivity contribution < 1.29 is 14.2 Å². The van der Waals surface area contributed by atoms with E-state index in [0.29, 0.717) is 39.0 Å². The summed E-state index contributed by atoms with van der Waals surface area (Å²) in [5.41, 5.74) is 1.31. The van der Waals surface area contributed by atoms with Crippen LogP contribution in [0.5, 0.6) is 5.75 Å². The molecule has 1 aromatic rings. The zero-order valence-electron chi connectivity index (χ0n) is 11.7. The number of benzene rings is 1. The number of rotatable bonds is 9. The Morgan fingerprint density at radius 1 is 1.00 bits per heavy atom. The zero-order valence-corrected chi connectivity index (χ0v) is 11.7. The predicted octanol–water partition coefficient (Wildman–Crippen LogP) is 2.86. The molecule has 3 heteroatoms. The second-order valence-electron chi connectivity index (χ2n) is 4.44. The Bertz CT molecular complexity index is 376. The fraction of sp³-hybridized carbons (Fsp3) is 0.500. The predicted molar refractivity (Wildman–Crippen MR) is 76.5 cm³/mol. The summed E-state index contributed by atoms with van der Waals surface area (Å²) in [5, 5.41) is 0. The first-order valence-electron chi connectivity index (χ1n) is 6.55. The van der Waals surface area contributed by atoms with Gasteiger partial charge in [-0.15, -0.1) is 6.42 Å². The van der Waals surface area contributed by atoms with Gasteiger partial charge in [-0.25, -0.2) is 0 Å². The Kier molecular flexibility index (Phi) is 7.72. The lowest BCUT2D eigenvalue weighted by Crippen LogP contribution is -2.10. The molecule has 0 amide bonds. The van der Waals surface area contributed by atoms with E-state index >= 15 is 0 Å². The van der Waals surface area contributed by atoms with Gasteiger partial charge >= 0.3 is 0 Å². The van der Waals surface area contributed by atoms with Crippen LogP contribution in [0.1, 0.15) is 25.3 Å². The van der Waals surface area contributed by atoms with Gasteiger partial charge in [0.1, 0.15) is 19.0 Å². The molecule has 0 N–H and O–H groups in total. The molecule has 1 aromatic carbocycles. The monoisotopic (exact) mass is 262 g/mol. The highest BCUT2D eigenvalue weighted by Gasteiger charge is 1.99. The first kappa shape index (κ1) is 15.6. The van der Waals surface area contributed by atoms with Crippen molar-refractivity contribution in [3.63, 3.8) is 0 Å². The van der Waals surface area contributed by atoms with Crippen molar-refractivity contribution in [3.05, 3.63) is 29.8 Å². The largest absolute Gasteiger partial charge is 0.491 e. The van der Waals surface area contributed by atoms with Crippen molar-refractivity contribution in [2.45, 2.75) is 19.8 Å². The average Bonchev–Trinajstić information content (AvgIpc) is 2.42. The summed E-state index contributed by atoms with van der Waals surface area (Å²) in [7, 11) is 0. The van der Waals surface area contributed by atoms with Crippen molar-refractivity contribution in [2.24, 2.45) is 0 Å². The van der Waals surface area contributed by atoms with Gasteiger partial charge in [-0.1, -0.05) is 31.9 Å². The van der Waals surface area contributed by atoms with Crippen molar-refractivity contribution in [1.82, 2.24) is 0 Å². The lowest BCUT2D eigenvalue weighted by atomic mass is 10.0. The summed E-state index contributed by atoms with van der Waals surface area (Å²) in [6.07, 6.45) is 5.05. The van der Waals surface area contributed by atoms with E-state index in [1.807, 2.05) is 12.1 Å². The Labute approximate surface area is 115 Å². The molecule has 1 rings (SSSR count). The van der Waals surface area contributed by atoms with Crippen LogP contribution in [0.4, 0.5) is 0 Å². The lowest BCUT2D eigenvalue weighted by Gasteiger charge is -2.09. The lowest BCUT2D eigenvalue weighted by molar-refractivity contribution is 0.0462. The Balaban J connectivity index is 2.08. The van der Waals surface area contributed by atoms with Crippen LogP contribution in [0, 0.1) is 12.3 Å². The second-order valence-corrected chi connectivity index (χ2v) is 4.44. The summed E-state index contributed by atoms with van der Waals surface area (Å²) in [4.78, 5) is 0. The molecule has 0 atom stereocenters. The maximum Gasteiger partial charge on any atom is 0.119 e. The van der Waals surface area contributed by atoms with Crippen LogP contribution in [0.15, 0.2) is 24.3 Å². The molecule has 0 unspecified atom stereocenters. The maximum absolute atomic E-state index is 5.57. The smallest absolute Gasteiger partial charge is 0.119 e. The molecule has 0 radical (unpaired) electrons. The quantitative estimate of drug-likeness (QED) is 0.506. The first-order chi connectivity index (χ1) is 9.24. The maximum atomic E-state index is 5.57. The topological polar surface area (TPSA) is 27.7 Å². The minimum absolute atomic E-state index is 0.335. The van der Waals surface area contributed by atoms with Gasteiger partial charge in [-0.3, -0.25) is 0 Å². The normalized spacial score (nSPS) is 10.4. The number of ether oxygens (including phenoxy) is 3. The van der Waals surface area contributed by atoms with Gasteiger partial charge in [0.05, 0.1) is 19.8 Å². The molecule has 0 heterocycles. The highest BCUT2D eigenvalue weighted by Crippen LogP contribution is 2.18. The molecular weight excluding hydrogens is 240 g/mol. The van der Waals surface area contributed by atoms with E-state index in [4.69, 9.17) is 20.6 Å². The van der Waals surface area contributed by atoms with Gasteiger partial charge in [-0.05, 0) is 23.6 Å². The van der Waals surface area contributed by atoms with Crippen LogP contribution in [0.2, 0.25) is 0 Å². The molecule has 104 valence electrons. The average molecular weight is 262 g/mol. The molecule has 0 aliphatic carbocycles. The molecule has 3 nitrogen and oxygen atoms in total. The van der Waals surface area contributed by atoms with Crippen LogP contribution in [0.25, 0.3) is 0 Å². The van der Waals surface area contributed by atoms with Gasteiger partial charge in [0.2, 0.25) is 0 Å². The summed E-state index contributed by atoms with van der Waals surface area (Å²) in [5.74, 6) is 3.82. The molecule has 19 heavy (non-hydrogen) atoms. The van der Waals surface area contributed by atoms with E-state index in [1.165, 1.54) is 5.56 Å². The van der Waals surface area contributed by atoms with Crippen molar-refractivity contribution in [2.75, 3.05) is 33.0 Å². The summed E-state index contributed by atoms with van der Waals surface area (Å²) >= 11 is 0. The third-order valence-electron chi connectivity index (χ3n) is 2.60. The molecular formula is C16H22O3. The van der Waals surface area contributed by atoms with Crippen LogP contribution in [-0.2, 0) is 9.47 Å². The second kappa shape index (κ2) is 9.43. The van der Waals surface area contributed by atoms with Crippen molar-refractivity contribution in [3.8, 4) is 18.1 Å². The van der Waals surface area contributed by atoms with Crippen LogP contribution >= 0.6 is 0 Å². The van der Waals surface area contributed by atoms with E-state index in [1.54, 1.807) is 0 Å². The fourth-order valence-corrected chi connectivity index (χ4v) is 1.52. The minimum Gasteiger partial charge on any atom is -0.491 e. The third-order valence-corrected chi connectivity index (χ3v) is 2.60. The van der Waals surface area contributed by atoms with Crippen LogP contribution < -0.4 is 4.74 Å². The Hall–Kier alpha value is -1.50. The van der Waals surface area contributed by atoms with Gasteiger partial charge in [-0.2, -0.15) is 0 Å². The number of hydrogen-bond acceptors (Lipinski definition) is 3. The molecule has 0 aliphatic heterocycles. The van der Waals surface area contributed by atoms with Crippen LogP contribution in [0.3, 0.4) is 0 Å². The number of hydrogen-bond donors (Lipinski definition) is 0. The molecule has 0 spiro atoms. The van der Waals surface area contributed by atoms with E-state index in [0.717, 1.165) is 5.75 Å². The molecule has 0 saturated heterocycles. The van der Waals surface area contributed by atoms with Gasteiger partial charge in [0.25, 0.3) is 0 Å². The zero-order chi connectivity index (χ0) is 13.9. The Morgan fingerprint density at radius 3 is 2.26 bits per heavy atom. The summed E-state index contributed by atoms with van der Waals surface area (Å²) in [6.45, 7) is 6.83. The van der Waals surface area contributed by atoms with Crippen LogP contribution in [-0.4, -0.2) is 33.0 Å². The molecule has 0 aliphatic rings. The standard InChI is InChI=1S/C16H22O3/c1-4-9-17-10-11-18-12-13-19-16-7-5-15(6-8-16)14(2)3/h1,5-8,14H,9-13H2,2-3H3. The highest BCUT2D eigenvalue weighted by molar-refractivity contribution is 5.28. The van der Waals surface area contributed by atoms with E-state index < -0.39 is 0 Å². The third kappa shape index (κ3) is 6.85. The summed E-state index contributed by atoms with van der Waals surface area (Å²) < 4.78 is 16.0. The van der Waals surface area contributed by atoms with Gasteiger partial charge in [0.15, 0.2) is 0 Å². The SMILES string of the molecule is C#CCOCCOCCOc1ccc(C(C)C)cc1. The van der Waals surface area contributed by atoms with E-state index in [9.17, 15) is 0 Å². The molecule has 0 aromatic heterocycles. The molecule has 0 fully saturated rings. The molecule has 0 bridgehead atoms. The van der Waals surface area contributed by atoms with Gasteiger partial charge < -0.3 is 14.2 Å².